The van der Waals surface area contributed by atoms with Crippen molar-refractivity contribution >= 4 is 23.5 Å². The maximum atomic E-state index is 12.5. The third kappa shape index (κ3) is 2.30. The molecule has 0 bridgehead atoms. The Morgan fingerprint density at radius 1 is 1.09 bits per heavy atom. The van der Waals surface area contributed by atoms with E-state index in [-0.39, 0.29) is 23.7 Å². The van der Waals surface area contributed by atoms with E-state index in [0.717, 1.165) is 25.7 Å². The van der Waals surface area contributed by atoms with Gasteiger partial charge < -0.3 is 5.11 Å². The number of amides is 2. The molecule has 2 amide bonds. The topological polar surface area (TPSA) is 74.7 Å². The van der Waals surface area contributed by atoms with E-state index in [2.05, 4.69) is 0 Å². The minimum Gasteiger partial charge on any atom is -0.481 e. The van der Waals surface area contributed by atoms with Crippen molar-refractivity contribution in [2.24, 2.45) is 11.8 Å². The Hall–Kier alpha value is -2.17. The van der Waals surface area contributed by atoms with E-state index in [1.54, 1.807) is 31.2 Å². The highest BCUT2D eigenvalue weighted by molar-refractivity contribution is 6.22. The van der Waals surface area contributed by atoms with Gasteiger partial charge >= 0.3 is 5.97 Å². The largest absolute Gasteiger partial charge is 0.481 e. The first-order valence-electron chi connectivity index (χ1n) is 7.71. The van der Waals surface area contributed by atoms with Crippen LogP contribution in [-0.4, -0.2) is 22.9 Å². The van der Waals surface area contributed by atoms with Crippen LogP contribution >= 0.6 is 0 Å². The normalized spacial score (nSPS) is 26.0. The van der Waals surface area contributed by atoms with Gasteiger partial charge in [0.05, 0.1) is 23.4 Å². The highest BCUT2D eigenvalue weighted by Gasteiger charge is 2.48. The van der Waals surface area contributed by atoms with Gasteiger partial charge in [-0.2, -0.15) is 0 Å². The highest BCUT2D eigenvalue weighted by atomic mass is 16.4. The number of fused-ring (bicyclic) bond motifs is 1. The number of hydrogen-bond donors (Lipinski definition) is 1. The Morgan fingerprint density at radius 2 is 1.59 bits per heavy atom. The van der Waals surface area contributed by atoms with E-state index < -0.39 is 11.9 Å². The lowest BCUT2D eigenvalue weighted by Gasteiger charge is -2.19. The SMILES string of the molecule is CC(C(=O)O)c1ccc(N2C(=O)C3CCCCC3C2=O)cc1. The third-order valence-corrected chi connectivity index (χ3v) is 4.86. The summed E-state index contributed by atoms with van der Waals surface area (Å²) >= 11 is 0. The van der Waals surface area contributed by atoms with Gasteiger partial charge in [-0.3, -0.25) is 19.3 Å². The Labute approximate surface area is 128 Å². The lowest BCUT2D eigenvalue weighted by Crippen LogP contribution is -2.30. The van der Waals surface area contributed by atoms with Gasteiger partial charge in [0.15, 0.2) is 0 Å². The van der Waals surface area contributed by atoms with Crippen molar-refractivity contribution in [2.75, 3.05) is 4.90 Å². The maximum absolute atomic E-state index is 12.5. The molecule has 1 aliphatic heterocycles. The molecule has 0 spiro atoms. The second-order valence-corrected chi connectivity index (χ2v) is 6.16. The van der Waals surface area contributed by atoms with Crippen LogP contribution < -0.4 is 4.90 Å². The van der Waals surface area contributed by atoms with Crippen molar-refractivity contribution in [1.29, 1.82) is 0 Å². The molecule has 3 unspecified atom stereocenters. The lowest BCUT2D eigenvalue weighted by molar-refractivity contribution is -0.138. The van der Waals surface area contributed by atoms with Crippen LogP contribution in [0, 0.1) is 11.8 Å². The number of carbonyl (C=O) groups is 3. The van der Waals surface area contributed by atoms with Crippen molar-refractivity contribution < 1.29 is 19.5 Å². The molecule has 5 heteroatoms. The van der Waals surface area contributed by atoms with Crippen LogP contribution in [-0.2, 0) is 14.4 Å². The van der Waals surface area contributed by atoms with Crippen LogP contribution in [0.15, 0.2) is 24.3 Å². The number of hydrogen-bond acceptors (Lipinski definition) is 3. The molecule has 2 fully saturated rings. The van der Waals surface area contributed by atoms with E-state index in [0.29, 0.717) is 11.3 Å². The van der Waals surface area contributed by atoms with Crippen molar-refractivity contribution in [3.05, 3.63) is 29.8 Å². The Balaban J connectivity index is 1.86. The van der Waals surface area contributed by atoms with Crippen LogP contribution in [0.5, 0.6) is 0 Å². The smallest absolute Gasteiger partial charge is 0.310 e. The van der Waals surface area contributed by atoms with Crippen LogP contribution in [0.4, 0.5) is 5.69 Å². The molecule has 1 saturated heterocycles. The predicted molar refractivity (Wildman–Crippen MR) is 80.4 cm³/mol. The number of nitrogens with zero attached hydrogens (tertiary/aromatic N) is 1. The van der Waals surface area contributed by atoms with Crippen LogP contribution in [0.25, 0.3) is 0 Å². The number of imide groups is 1. The highest BCUT2D eigenvalue weighted by Crippen LogP contribution is 2.40. The van der Waals surface area contributed by atoms with Crippen LogP contribution in [0.3, 0.4) is 0 Å². The molecule has 5 nitrogen and oxygen atoms in total. The first-order valence-corrected chi connectivity index (χ1v) is 7.71. The van der Waals surface area contributed by atoms with E-state index in [4.69, 9.17) is 5.11 Å². The summed E-state index contributed by atoms with van der Waals surface area (Å²) in [6, 6.07) is 6.69. The second-order valence-electron chi connectivity index (χ2n) is 6.16. The van der Waals surface area contributed by atoms with Crippen LogP contribution in [0.2, 0.25) is 0 Å². The van der Waals surface area contributed by atoms with Gasteiger partial charge in [-0.1, -0.05) is 25.0 Å². The number of benzene rings is 1. The fraction of sp³-hybridized carbons (Fsp3) is 0.471. The minimum absolute atomic E-state index is 0.103. The molecule has 1 aromatic rings. The van der Waals surface area contributed by atoms with E-state index in [1.165, 1.54) is 4.90 Å². The van der Waals surface area contributed by atoms with Gasteiger partial charge in [-0.25, -0.2) is 0 Å². The van der Waals surface area contributed by atoms with Gasteiger partial charge in [-0.05, 0) is 37.5 Å². The first kappa shape index (κ1) is 14.8. The summed E-state index contributed by atoms with van der Waals surface area (Å²) < 4.78 is 0. The van der Waals surface area contributed by atoms with Crippen molar-refractivity contribution in [3.63, 3.8) is 0 Å². The van der Waals surface area contributed by atoms with E-state index >= 15 is 0 Å². The second kappa shape index (κ2) is 5.55. The van der Waals surface area contributed by atoms with Gasteiger partial charge in [0.25, 0.3) is 0 Å². The first-order chi connectivity index (χ1) is 10.5. The number of rotatable bonds is 3. The molecule has 1 aromatic carbocycles. The lowest BCUT2D eigenvalue weighted by atomic mass is 9.81. The molecule has 1 aliphatic carbocycles. The quantitative estimate of drug-likeness (QED) is 0.871. The molecule has 0 radical (unpaired) electrons. The Kier molecular flexibility index (Phi) is 3.72. The van der Waals surface area contributed by atoms with E-state index in [9.17, 15) is 14.4 Å². The van der Waals surface area contributed by atoms with Gasteiger partial charge in [0.1, 0.15) is 0 Å². The molecule has 2 aliphatic rings. The summed E-state index contributed by atoms with van der Waals surface area (Å²) in [5.41, 5.74) is 1.21. The molecule has 116 valence electrons. The predicted octanol–water partition coefficient (Wildman–Crippen LogP) is 2.55. The zero-order valence-electron chi connectivity index (χ0n) is 12.5. The Morgan fingerprint density at radius 3 is 2.05 bits per heavy atom. The Bertz CT molecular complexity index is 598. The fourth-order valence-corrected chi connectivity index (χ4v) is 3.47. The minimum atomic E-state index is -0.896. The van der Waals surface area contributed by atoms with Crippen molar-refractivity contribution in [3.8, 4) is 0 Å². The summed E-state index contributed by atoms with van der Waals surface area (Å²) in [5, 5.41) is 9.02. The van der Waals surface area contributed by atoms with Gasteiger partial charge in [0.2, 0.25) is 11.8 Å². The zero-order valence-corrected chi connectivity index (χ0v) is 12.5. The average Bonchev–Trinajstić information content (AvgIpc) is 2.79. The molecule has 0 aromatic heterocycles. The van der Waals surface area contributed by atoms with Crippen molar-refractivity contribution in [2.45, 2.75) is 38.5 Å². The number of aliphatic carboxylic acids is 1. The molecule has 1 saturated carbocycles. The molecule has 3 rings (SSSR count). The molecule has 22 heavy (non-hydrogen) atoms. The molecule has 3 atom stereocenters. The zero-order chi connectivity index (χ0) is 15.9. The summed E-state index contributed by atoms with van der Waals surface area (Å²) in [5.74, 6) is -2.05. The van der Waals surface area contributed by atoms with Gasteiger partial charge in [0, 0.05) is 0 Å². The monoisotopic (exact) mass is 301 g/mol. The molecular weight excluding hydrogens is 282 g/mol. The van der Waals surface area contributed by atoms with Gasteiger partial charge in [-0.15, -0.1) is 0 Å². The fourth-order valence-electron chi connectivity index (χ4n) is 3.47. The molecule has 1 N–H and O–H groups in total. The standard InChI is InChI=1S/C17H19NO4/c1-10(17(21)22)11-6-8-12(9-7-11)18-15(19)13-4-2-3-5-14(13)16(18)20/h6-10,13-14H,2-5H2,1H3,(H,21,22). The van der Waals surface area contributed by atoms with Crippen molar-refractivity contribution in [1.82, 2.24) is 0 Å². The summed E-state index contributed by atoms with van der Waals surface area (Å²) in [7, 11) is 0. The number of anilines is 1. The summed E-state index contributed by atoms with van der Waals surface area (Å²) in [4.78, 5) is 37.3. The summed E-state index contributed by atoms with van der Waals surface area (Å²) in [6.07, 6.45) is 3.59. The summed E-state index contributed by atoms with van der Waals surface area (Å²) in [6.45, 7) is 1.61. The number of carboxylic acids is 1. The van der Waals surface area contributed by atoms with E-state index in [1.807, 2.05) is 0 Å². The third-order valence-electron chi connectivity index (χ3n) is 4.86. The van der Waals surface area contributed by atoms with Crippen LogP contribution in [0.1, 0.15) is 44.1 Å². The molecule has 1 heterocycles. The maximum Gasteiger partial charge on any atom is 0.310 e. The number of carboxylic acid groups (broad SMARTS) is 1. The average molecular weight is 301 g/mol. The number of carbonyl (C=O) groups excluding carboxylic acids is 2. The molecular formula is C17H19NO4.